The quantitative estimate of drug-likeness (QED) is 0.579. The van der Waals surface area contributed by atoms with Crippen molar-refractivity contribution in [1.82, 2.24) is 0 Å². The normalized spacial score (nSPS) is 11.2. The van der Waals surface area contributed by atoms with Crippen molar-refractivity contribution in [2.24, 2.45) is 0 Å². The summed E-state index contributed by atoms with van der Waals surface area (Å²) in [6.07, 6.45) is 1.70. The van der Waals surface area contributed by atoms with Gasteiger partial charge < -0.3 is 14.4 Å². The van der Waals surface area contributed by atoms with Gasteiger partial charge in [-0.05, 0) is 30.2 Å². The third-order valence-corrected chi connectivity index (χ3v) is 2.09. The van der Waals surface area contributed by atoms with E-state index >= 15 is 0 Å². The lowest BCUT2D eigenvalue weighted by Gasteiger charge is -2.01. The first kappa shape index (κ1) is 10.6. The van der Waals surface area contributed by atoms with Crippen molar-refractivity contribution in [2.45, 2.75) is 4.90 Å². The molecule has 0 spiro atoms. The van der Waals surface area contributed by atoms with Gasteiger partial charge in [-0.3, -0.25) is 0 Å². The molecule has 14 heavy (non-hydrogen) atoms. The largest absolute Gasteiger partial charge is 0.481 e. The molecular formula is C9H8O4S. The molecule has 0 fully saturated rings. The Bertz CT molecular complexity index is 374. The van der Waals surface area contributed by atoms with Crippen molar-refractivity contribution in [2.75, 3.05) is 6.61 Å². The van der Waals surface area contributed by atoms with Crippen molar-refractivity contribution in [3.8, 4) is 17.8 Å². The van der Waals surface area contributed by atoms with Crippen LogP contribution >= 0.6 is 0 Å². The van der Waals surface area contributed by atoms with E-state index in [1.165, 1.54) is 12.1 Å². The van der Waals surface area contributed by atoms with Crippen LogP contribution in [0.1, 0.15) is 0 Å². The molecule has 2 N–H and O–H groups in total. The molecule has 1 unspecified atom stereocenters. The maximum absolute atomic E-state index is 10.6. The number of benzene rings is 1. The molecule has 0 saturated heterocycles. The molecule has 0 aliphatic rings. The van der Waals surface area contributed by atoms with Crippen LogP contribution in [0.15, 0.2) is 29.2 Å². The molecule has 1 rings (SSSR count). The molecule has 1 aromatic rings. The Hall–Kier alpha value is -1.51. The van der Waals surface area contributed by atoms with Gasteiger partial charge in [-0.2, -0.15) is 0 Å². The molecule has 1 aromatic carbocycles. The number of aliphatic hydroxyl groups excluding tert-OH is 1. The second-order valence-corrected chi connectivity index (χ2v) is 3.27. The minimum absolute atomic E-state index is 0.0814. The number of hydrogen-bond acceptors (Lipinski definition) is 3. The smallest absolute Gasteiger partial charge is 0.186 e. The molecule has 5 heteroatoms. The molecule has 74 valence electrons. The summed E-state index contributed by atoms with van der Waals surface area (Å²) < 4.78 is 24.4. The Morgan fingerprint density at radius 1 is 1.36 bits per heavy atom. The molecule has 0 aliphatic heterocycles. The van der Waals surface area contributed by atoms with Gasteiger partial charge in [-0.25, -0.2) is 4.21 Å². The first-order valence-corrected chi connectivity index (χ1v) is 4.80. The summed E-state index contributed by atoms with van der Waals surface area (Å²) in [5.74, 6) is 2.84. The van der Waals surface area contributed by atoms with Crippen molar-refractivity contribution in [3.05, 3.63) is 24.3 Å². The fourth-order valence-corrected chi connectivity index (χ4v) is 1.17. The molecule has 1 atom stereocenters. The van der Waals surface area contributed by atoms with E-state index in [-0.39, 0.29) is 6.61 Å². The Kier molecular flexibility index (Phi) is 3.98. The molecule has 0 bridgehead atoms. The zero-order valence-corrected chi connectivity index (χ0v) is 7.95. The first-order chi connectivity index (χ1) is 6.74. The third kappa shape index (κ3) is 3.09. The van der Waals surface area contributed by atoms with E-state index in [0.29, 0.717) is 10.6 Å². The van der Waals surface area contributed by atoms with Gasteiger partial charge >= 0.3 is 0 Å². The van der Waals surface area contributed by atoms with Crippen LogP contribution in [0.4, 0.5) is 0 Å². The molecule has 0 aliphatic carbocycles. The number of rotatable bonds is 3. The lowest BCUT2D eigenvalue weighted by atomic mass is 10.3. The van der Waals surface area contributed by atoms with E-state index in [1.54, 1.807) is 18.2 Å². The van der Waals surface area contributed by atoms with E-state index in [4.69, 9.17) is 14.4 Å². The Morgan fingerprint density at radius 3 is 2.50 bits per heavy atom. The highest BCUT2D eigenvalue weighted by atomic mass is 32.2. The van der Waals surface area contributed by atoms with E-state index in [1.807, 2.05) is 0 Å². The predicted molar refractivity (Wildman–Crippen MR) is 50.7 cm³/mol. The first-order valence-electron chi connectivity index (χ1n) is 3.69. The highest BCUT2D eigenvalue weighted by Gasteiger charge is 1.98. The highest BCUT2D eigenvalue weighted by Crippen LogP contribution is 2.13. The van der Waals surface area contributed by atoms with Gasteiger partial charge in [-0.15, -0.1) is 0 Å². The summed E-state index contributed by atoms with van der Waals surface area (Å²) in [7, 11) is 0. The van der Waals surface area contributed by atoms with Crippen molar-refractivity contribution < 1.29 is 18.6 Å². The molecule has 0 saturated carbocycles. The summed E-state index contributed by atoms with van der Waals surface area (Å²) in [5, 5.41) is 8.15. The summed E-state index contributed by atoms with van der Waals surface area (Å²) in [4.78, 5) is 0.311. The van der Waals surface area contributed by atoms with Crippen LogP contribution in [0.25, 0.3) is 0 Å². The number of aliphatic hydroxyl groups is 1. The summed E-state index contributed by atoms with van der Waals surface area (Å²) in [5.41, 5.74) is 0. The maximum Gasteiger partial charge on any atom is 0.186 e. The van der Waals surface area contributed by atoms with Crippen LogP contribution in [-0.4, -0.2) is 20.5 Å². The van der Waals surface area contributed by atoms with E-state index in [2.05, 4.69) is 5.92 Å². The Labute approximate surface area is 83.8 Å². The van der Waals surface area contributed by atoms with Gasteiger partial charge in [0.25, 0.3) is 0 Å². The average Bonchev–Trinajstić information content (AvgIpc) is 2.19. The van der Waals surface area contributed by atoms with Crippen molar-refractivity contribution >= 4 is 11.1 Å². The molecular weight excluding hydrogens is 204 g/mol. The van der Waals surface area contributed by atoms with Crippen LogP contribution < -0.4 is 4.74 Å². The van der Waals surface area contributed by atoms with Gasteiger partial charge in [0, 0.05) is 0 Å². The topological polar surface area (TPSA) is 66.8 Å². The molecule has 0 amide bonds. The third-order valence-electron chi connectivity index (χ3n) is 1.42. The van der Waals surface area contributed by atoms with Crippen molar-refractivity contribution in [3.63, 3.8) is 0 Å². The fourth-order valence-electron chi connectivity index (χ4n) is 0.804. The molecule has 4 nitrogen and oxygen atoms in total. The highest BCUT2D eigenvalue weighted by molar-refractivity contribution is 7.79. The second-order valence-electron chi connectivity index (χ2n) is 2.30. The van der Waals surface area contributed by atoms with Gasteiger partial charge in [0.15, 0.2) is 17.7 Å². The summed E-state index contributed by atoms with van der Waals surface area (Å²) in [6, 6.07) is 6.08. The maximum atomic E-state index is 10.6. The molecule has 0 radical (unpaired) electrons. The predicted octanol–water partition coefficient (Wildman–Crippen LogP) is 0.979. The van der Waals surface area contributed by atoms with Gasteiger partial charge in [0.1, 0.15) is 11.9 Å². The van der Waals surface area contributed by atoms with Crippen LogP contribution in [0, 0.1) is 12.0 Å². The average molecular weight is 212 g/mol. The van der Waals surface area contributed by atoms with Gasteiger partial charge in [0.2, 0.25) is 0 Å². The minimum Gasteiger partial charge on any atom is -0.481 e. The second kappa shape index (κ2) is 5.27. The van der Waals surface area contributed by atoms with Crippen LogP contribution in [0.2, 0.25) is 0 Å². The molecule has 0 aromatic heterocycles. The number of ether oxygens (including phenoxy) is 1. The van der Waals surface area contributed by atoms with E-state index in [0.717, 1.165) is 0 Å². The standard InChI is InChI=1S/C9H8O4S/c10-6-1-7-13-8-2-4-9(5-3-8)14(11)12/h2-5,10H,7H2,(H,11,12). The van der Waals surface area contributed by atoms with Gasteiger partial charge in [0.05, 0.1) is 4.90 Å². The minimum atomic E-state index is -1.97. The Balaban J connectivity index is 2.62. The van der Waals surface area contributed by atoms with Crippen molar-refractivity contribution in [1.29, 1.82) is 0 Å². The lowest BCUT2D eigenvalue weighted by Crippen LogP contribution is -1.94. The van der Waals surface area contributed by atoms with Crippen LogP contribution in [-0.2, 0) is 11.1 Å². The zero-order chi connectivity index (χ0) is 10.4. The van der Waals surface area contributed by atoms with Crippen LogP contribution in [0.3, 0.4) is 0 Å². The fraction of sp³-hybridized carbons (Fsp3) is 0.111. The van der Waals surface area contributed by atoms with Crippen LogP contribution in [0.5, 0.6) is 5.75 Å². The number of hydrogen-bond donors (Lipinski definition) is 2. The summed E-state index contributed by atoms with van der Waals surface area (Å²) in [6.45, 7) is 0.0814. The zero-order valence-electron chi connectivity index (χ0n) is 7.14. The van der Waals surface area contributed by atoms with E-state index in [9.17, 15) is 4.21 Å². The van der Waals surface area contributed by atoms with E-state index < -0.39 is 11.1 Å². The monoisotopic (exact) mass is 212 g/mol. The lowest BCUT2D eigenvalue weighted by molar-refractivity contribution is 0.368. The molecule has 0 heterocycles. The SMILES string of the molecule is O=S(O)c1ccc(OCC#CO)cc1. The summed E-state index contributed by atoms with van der Waals surface area (Å²) >= 11 is -1.97. The van der Waals surface area contributed by atoms with Gasteiger partial charge in [-0.1, -0.05) is 0 Å². The Morgan fingerprint density at radius 2 is 2.00 bits per heavy atom.